The minimum atomic E-state index is -0.849. The number of amides is 1. The van der Waals surface area contributed by atoms with Crippen LogP contribution in [-0.4, -0.2) is 74.8 Å². The van der Waals surface area contributed by atoms with Crippen LogP contribution in [0.4, 0.5) is 0 Å². The zero-order chi connectivity index (χ0) is 24.4. The summed E-state index contributed by atoms with van der Waals surface area (Å²) in [7, 11) is 6.90. The number of ketones is 1. The summed E-state index contributed by atoms with van der Waals surface area (Å²) in [6.07, 6.45) is 0.646. The van der Waals surface area contributed by atoms with Gasteiger partial charge in [0.2, 0.25) is 6.79 Å². The fourth-order valence-electron chi connectivity index (χ4n) is 4.32. The number of rotatable bonds is 8. The summed E-state index contributed by atoms with van der Waals surface area (Å²) in [5, 5.41) is 11.3. The molecule has 0 saturated carbocycles. The molecular weight excluding hydrogens is 440 g/mol. The Labute approximate surface area is 198 Å². The summed E-state index contributed by atoms with van der Waals surface area (Å²) in [6.45, 7) is 1.13. The molecule has 0 radical (unpaired) electrons. The van der Waals surface area contributed by atoms with Gasteiger partial charge in [-0.15, -0.1) is 0 Å². The monoisotopic (exact) mass is 468 g/mol. The van der Waals surface area contributed by atoms with Crippen LogP contribution in [0.5, 0.6) is 23.0 Å². The lowest BCUT2D eigenvalue weighted by atomic mass is 9.94. The lowest BCUT2D eigenvalue weighted by Gasteiger charge is -2.27. The third-order valence-corrected chi connectivity index (χ3v) is 5.92. The first kappa shape index (κ1) is 23.4. The molecule has 9 heteroatoms. The molecule has 1 N–H and O–H groups in total. The maximum atomic E-state index is 13.3. The van der Waals surface area contributed by atoms with Gasteiger partial charge in [-0.25, -0.2) is 0 Å². The van der Waals surface area contributed by atoms with Gasteiger partial charge in [-0.05, 0) is 51.3 Å². The van der Waals surface area contributed by atoms with Gasteiger partial charge in [-0.2, -0.15) is 0 Å². The average molecular weight is 469 g/mol. The Kier molecular flexibility index (Phi) is 6.65. The lowest BCUT2D eigenvalue weighted by molar-refractivity contribution is -0.140. The van der Waals surface area contributed by atoms with Crippen LogP contribution in [0.2, 0.25) is 0 Å². The van der Waals surface area contributed by atoms with E-state index in [1.807, 2.05) is 19.0 Å². The van der Waals surface area contributed by atoms with Crippen molar-refractivity contribution in [2.24, 2.45) is 0 Å². The van der Waals surface area contributed by atoms with Crippen LogP contribution < -0.4 is 18.9 Å². The number of aliphatic hydroxyl groups is 1. The number of carbonyl (C=O) groups is 2. The predicted molar refractivity (Wildman–Crippen MR) is 124 cm³/mol. The van der Waals surface area contributed by atoms with E-state index in [0.717, 1.165) is 6.54 Å². The highest BCUT2D eigenvalue weighted by Gasteiger charge is 2.47. The normalized spacial score (nSPS) is 18.6. The van der Waals surface area contributed by atoms with E-state index in [2.05, 4.69) is 0 Å². The third-order valence-electron chi connectivity index (χ3n) is 5.92. The molecule has 2 heterocycles. The first-order valence-corrected chi connectivity index (χ1v) is 10.9. The number of nitrogens with zero attached hydrogens (tertiary/aromatic N) is 2. The van der Waals surface area contributed by atoms with E-state index in [4.69, 9.17) is 18.9 Å². The van der Waals surface area contributed by atoms with E-state index < -0.39 is 17.7 Å². The van der Waals surface area contributed by atoms with Gasteiger partial charge < -0.3 is 33.9 Å². The standard InChI is InChI=1S/C25H28N2O7/c1-26(2)11-6-12-27-21(16-7-5-8-18(31-3)24(16)32-4)20(23(29)25(27)30)22(28)15-9-10-17-19(13-15)34-14-33-17/h5,7-10,13,21,28H,6,11-12,14H2,1-4H3/b22-20+. The molecule has 0 aliphatic carbocycles. The van der Waals surface area contributed by atoms with Crippen LogP contribution in [0.3, 0.4) is 0 Å². The number of fused-ring (bicyclic) bond motifs is 1. The molecule has 0 bridgehead atoms. The number of Topliss-reactive ketones (excluding diaryl/α,β-unsaturated/α-hetero) is 1. The van der Waals surface area contributed by atoms with Crippen molar-refractivity contribution in [1.29, 1.82) is 0 Å². The molecule has 1 atom stereocenters. The fraction of sp³-hybridized carbons (Fsp3) is 0.360. The summed E-state index contributed by atoms with van der Waals surface area (Å²) in [6, 6.07) is 9.29. The van der Waals surface area contributed by atoms with Gasteiger partial charge in [0.15, 0.2) is 23.0 Å². The highest BCUT2D eigenvalue weighted by atomic mass is 16.7. The average Bonchev–Trinajstić information content (AvgIpc) is 3.40. The Morgan fingerprint density at radius 3 is 2.59 bits per heavy atom. The molecule has 2 aromatic rings. The Bertz CT molecular complexity index is 1140. The molecule has 2 aliphatic heterocycles. The molecule has 34 heavy (non-hydrogen) atoms. The lowest BCUT2D eigenvalue weighted by Crippen LogP contribution is -2.32. The Balaban J connectivity index is 1.86. The highest BCUT2D eigenvalue weighted by Crippen LogP contribution is 2.46. The van der Waals surface area contributed by atoms with E-state index in [-0.39, 0.29) is 18.1 Å². The molecule has 0 aromatic heterocycles. The summed E-state index contributed by atoms with van der Waals surface area (Å²) >= 11 is 0. The SMILES string of the molecule is COc1cccc(C2/C(=C(\O)c3ccc4c(c3)OCO4)C(=O)C(=O)N2CCCN(C)C)c1OC. The molecule has 1 saturated heterocycles. The summed E-state index contributed by atoms with van der Waals surface area (Å²) in [5.41, 5.74) is 0.885. The van der Waals surface area contributed by atoms with E-state index in [1.165, 1.54) is 19.1 Å². The number of hydrogen-bond acceptors (Lipinski definition) is 8. The Morgan fingerprint density at radius 2 is 1.88 bits per heavy atom. The largest absolute Gasteiger partial charge is 0.507 e. The Hall–Kier alpha value is -3.72. The zero-order valence-electron chi connectivity index (χ0n) is 19.7. The van der Waals surface area contributed by atoms with Crippen LogP contribution in [-0.2, 0) is 9.59 Å². The van der Waals surface area contributed by atoms with Gasteiger partial charge in [0, 0.05) is 17.7 Å². The minimum Gasteiger partial charge on any atom is -0.507 e. The predicted octanol–water partition coefficient (Wildman–Crippen LogP) is 2.81. The zero-order valence-corrected chi connectivity index (χ0v) is 19.7. The Morgan fingerprint density at radius 1 is 1.12 bits per heavy atom. The van der Waals surface area contributed by atoms with Crippen molar-refractivity contribution in [1.82, 2.24) is 9.80 Å². The van der Waals surface area contributed by atoms with Crippen molar-refractivity contribution in [3.05, 3.63) is 53.1 Å². The van der Waals surface area contributed by atoms with Gasteiger partial charge in [0.05, 0.1) is 25.8 Å². The number of hydrogen-bond donors (Lipinski definition) is 1. The van der Waals surface area contributed by atoms with Crippen molar-refractivity contribution in [3.63, 3.8) is 0 Å². The van der Waals surface area contributed by atoms with Crippen LogP contribution in [0, 0.1) is 0 Å². The van der Waals surface area contributed by atoms with Crippen molar-refractivity contribution in [3.8, 4) is 23.0 Å². The summed E-state index contributed by atoms with van der Waals surface area (Å²) in [4.78, 5) is 29.9. The minimum absolute atomic E-state index is 0.0136. The van der Waals surface area contributed by atoms with Crippen molar-refractivity contribution >= 4 is 17.4 Å². The van der Waals surface area contributed by atoms with Crippen LogP contribution in [0.15, 0.2) is 42.0 Å². The van der Waals surface area contributed by atoms with Gasteiger partial charge in [0.25, 0.3) is 11.7 Å². The summed E-state index contributed by atoms with van der Waals surface area (Å²) in [5.74, 6) is 0.145. The smallest absolute Gasteiger partial charge is 0.295 e. The van der Waals surface area contributed by atoms with E-state index in [1.54, 1.807) is 36.4 Å². The highest BCUT2D eigenvalue weighted by molar-refractivity contribution is 6.46. The van der Waals surface area contributed by atoms with Crippen molar-refractivity contribution < 1.29 is 33.6 Å². The summed E-state index contributed by atoms with van der Waals surface area (Å²) < 4.78 is 21.8. The molecule has 180 valence electrons. The number of ether oxygens (including phenoxy) is 4. The number of carbonyl (C=O) groups excluding carboxylic acids is 2. The number of methoxy groups -OCH3 is 2. The molecule has 1 amide bonds. The van der Waals surface area contributed by atoms with Crippen LogP contribution in [0.25, 0.3) is 5.76 Å². The number of likely N-dealkylation sites (tertiary alicyclic amines) is 1. The third kappa shape index (κ3) is 4.14. The molecule has 1 unspecified atom stereocenters. The van der Waals surface area contributed by atoms with Gasteiger partial charge in [0.1, 0.15) is 5.76 Å². The molecule has 0 spiro atoms. The number of para-hydroxylation sites is 1. The topological polar surface area (TPSA) is 97.8 Å². The van der Waals surface area contributed by atoms with E-state index in [0.29, 0.717) is 47.1 Å². The fourth-order valence-corrected chi connectivity index (χ4v) is 4.32. The molecule has 2 aromatic carbocycles. The van der Waals surface area contributed by atoms with Crippen molar-refractivity contribution in [2.75, 3.05) is 48.2 Å². The molecule has 2 aliphatic rings. The van der Waals surface area contributed by atoms with Crippen LogP contribution >= 0.6 is 0 Å². The first-order valence-electron chi connectivity index (χ1n) is 10.9. The molecule has 1 fully saturated rings. The maximum absolute atomic E-state index is 13.3. The molecular formula is C25H28N2O7. The number of benzene rings is 2. The van der Waals surface area contributed by atoms with Gasteiger partial charge in [-0.1, -0.05) is 12.1 Å². The van der Waals surface area contributed by atoms with Gasteiger partial charge >= 0.3 is 0 Å². The molecule has 9 nitrogen and oxygen atoms in total. The second-order valence-corrected chi connectivity index (χ2v) is 8.30. The quantitative estimate of drug-likeness (QED) is 0.359. The van der Waals surface area contributed by atoms with Gasteiger partial charge in [-0.3, -0.25) is 9.59 Å². The maximum Gasteiger partial charge on any atom is 0.295 e. The second-order valence-electron chi connectivity index (χ2n) is 8.30. The van der Waals surface area contributed by atoms with Crippen molar-refractivity contribution in [2.45, 2.75) is 12.5 Å². The first-order chi connectivity index (χ1) is 16.4. The second kappa shape index (κ2) is 9.64. The number of aliphatic hydroxyl groups excluding tert-OH is 1. The molecule has 4 rings (SSSR count). The van der Waals surface area contributed by atoms with E-state index >= 15 is 0 Å². The van der Waals surface area contributed by atoms with Crippen LogP contribution in [0.1, 0.15) is 23.6 Å². The van der Waals surface area contributed by atoms with E-state index in [9.17, 15) is 14.7 Å².